The van der Waals surface area contributed by atoms with Crippen LogP contribution in [0.5, 0.6) is 5.75 Å². The molecule has 2 atom stereocenters. The van der Waals surface area contributed by atoms with Gasteiger partial charge in [-0.15, -0.1) is 11.8 Å². The van der Waals surface area contributed by atoms with E-state index in [-0.39, 0.29) is 17.6 Å². The van der Waals surface area contributed by atoms with Gasteiger partial charge in [0.15, 0.2) is 0 Å². The Bertz CT molecular complexity index is 869. The highest BCUT2D eigenvalue weighted by atomic mass is 32.2. The largest absolute Gasteiger partial charge is 0.497 e. The van der Waals surface area contributed by atoms with Crippen LogP contribution in [0.3, 0.4) is 0 Å². The third kappa shape index (κ3) is 4.92. The van der Waals surface area contributed by atoms with Crippen molar-refractivity contribution in [2.24, 2.45) is 5.92 Å². The maximum Gasteiger partial charge on any atom is 0.304 e. The number of thioether (sulfide) groups is 1. The van der Waals surface area contributed by atoms with Crippen LogP contribution in [0.1, 0.15) is 17.2 Å². The summed E-state index contributed by atoms with van der Waals surface area (Å²) in [5.74, 6) is -1.06. The summed E-state index contributed by atoms with van der Waals surface area (Å²) in [7, 11) is 5.51. The van der Waals surface area contributed by atoms with Gasteiger partial charge in [-0.1, -0.05) is 24.3 Å². The predicted octanol–water partition coefficient (Wildman–Crippen LogP) is 3.53. The van der Waals surface area contributed by atoms with E-state index in [4.69, 9.17) is 4.74 Å². The molecule has 0 unspecified atom stereocenters. The highest BCUT2D eigenvalue weighted by Crippen LogP contribution is 2.49. The Kier molecular flexibility index (Phi) is 6.82. The Hall–Kier alpha value is -2.51. The van der Waals surface area contributed by atoms with Gasteiger partial charge in [-0.25, -0.2) is 0 Å². The molecule has 29 heavy (non-hydrogen) atoms. The van der Waals surface area contributed by atoms with E-state index in [1.807, 2.05) is 67.5 Å². The van der Waals surface area contributed by atoms with Gasteiger partial charge in [-0.2, -0.15) is 0 Å². The first kappa shape index (κ1) is 21.2. The standard InChI is InChI=1S/C22H26N2O4S/c1-23(2)12-13-24-18-6-4-5-7-19(18)29-21(17(22(24)27)14-20(25)26)15-8-10-16(28-3)11-9-15/h4-11,17,21H,12-14H2,1-3H3,(H,25,26)/t17-,21+/m0/s1. The number of hydrogen-bond acceptors (Lipinski definition) is 5. The van der Waals surface area contributed by atoms with Gasteiger partial charge in [-0.3, -0.25) is 9.59 Å². The van der Waals surface area contributed by atoms with Crippen molar-refractivity contribution in [3.8, 4) is 5.75 Å². The van der Waals surface area contributed by atoms with Crippen molar-refractivity contribution in [3.63, 3.8) is 0 Å². The predicted molar refractivity (Wildman–Crippen MR) is 115 cm³/mol. The summed E-state index contributed by atoms with van der Waals surface area (Å²) in [5.41, 5.74) is 1.76. The number of likely N-dealkylation sites (N-methyl/N-ethyl adjacent to an activating group) is 1. The number of rotatable bonds is 7. The van der Waals surface area contributed by atoms with Crippen LogP contribution in [-0.4, -0.2) is 56.2 Å². The van der Waals surface area contributed by atoms with Crippen molar-refractivity contribution in [2.75, 3.05) is 39.2 Å². The molecule has 0 spiro atoms. The molecule has 3 rings (SSSR count). The van der Waals surface area contributed by atoms with Crippen molar-refractivity contribution in [2.45, 2.75) is 16.6 Å². The normalized spacial score (nSPS) is 19.0. The number of carbonyl (C=O) groups excluding carboxylic acids is 1. The Morgan fingerprint density at radius 3 is 2.48 bits per heavy atom. The summed E-state index contributed by atoms with van der Waals surface area (Å²) in [4.78, 5) is 30.0. The molecule has 0 radical (unpaired) electrons. The van der Waals surface area contributed by atoms with Crippen LogP contribution in [0.15, 0.2) is 53.4 Å². The second-order valence-corrected chi connectivity index (χ2v) is 8.46. The molecule has 0 bridgehead atoms. The van der Waals surface area contributed by atoms with Crippen LogP contribution in [-0.2, 0) is 9.59 Å². The Morgan fingerprint density at radius 1 is 1.17 bits per heavy atom. The van der Waals surface area contributed by atoms with Crippen LogP contribution < -0.4 is 9.64 Å². The van der Waals surface area contributed by atoms with E-state index in [9.17, 15) is 14.7 Å². The lowest BCUT2D eigenvalue weighted by atomic mass is 9.93. The van der Waals surface area contributed by atoms with Gasteiger partial charge < -0.3 is 19.6 Å². The van der Waals surface area contributed by atoms with Crippen molar-refractivity contribution >= 4 is 29.3 Å². The second-order valence-electron chi connectivity index (χ2n) is 7.28. The van der Waals surface area contributed by atoms with Gasteiger partial charge in [0.2, 0.25) is 5.91 Å². The van der Waals surface area contributed by atoms with Gasteiger partial charge in [-0.05, 0) is 43.9 Å². The molecule has 1 aliphatic heterocycles. The van der Waals surface area contributed by atoms with Crippen molar-refractivity contribution in [1.29, 1.82) is 0 Å². The third-order valence-corrected chi connectivity index (χ3v) is 6.42. The topological polar surface area (TPSA) is 70.1 Å². The zero-order valence-electron chi connectivity index (χ0n) is 16.9. The summed E-state index contributed by atoms with van der Waals surface area (Å²) in [6.07, 6.45) is -0.213. The average Bonchev–Trinajstić information content (AvgIpc) is 2.81. The molecule has 2 aromatic carbocycles. The summed E-state index contributed by atoms with van der Waals surface area (Å²) < 4.78 is 5.24. The molecule has 0 aromatic heterocycles. The summed E-state index contributed by atoms with van der Waals surface area (Å²) in [6.45, 7) is 1.20. The molecule has 7 heteroatoms. The number of fused-ring (bicyclic) bond motifs is 1. The van der Waals surface area contributed by atoms with E-state index in [2.05, 4.69) is 0 Å². The van der Waals surface area contributed by atoms with E-state index in [1.165, 1.54) is 0 Å². The number of nitrogens with zero attached hydrogens (tertiary/aromatic N) is 2. The first-order valence-electron chi connectivity index (χ1n) is 9.48. The summed E-state index contributed by atoms with van der Waals surface area (Å²) in [6, 6.07) is 15.3. The van der Waals surface area contributed by atoms with Gasteiger partial charge in [0.25, 0.3) is 0 Å². The van der Waals surface area contributed by atoms with Crippen LogP contribution >= 0.6 is 11.8 Å². The van der Waals surface area contributed by atoms with Crippen molar-refractivity contribution in [3.05, 3.63) is 54.1 Å². The molecule has 6 nitrogen and oxygen atoms in total. The molecule has 1 N–H and O–H groups in total. The monoisotopic (exact) mass is 414 g/mol. The minimum absolute atomic E-state index is 0.146. The zero-order valence-corrected chi connectivity index (χ0v) is 17.7. The van der Waals surface area contributed by atoms with E-state index in [1.54, 1.807) is 23.8 Å². The SMILES string of the molecule is COc1ccc([C@H]2Sc3ccccc3N(CCN(C)C)C(=O)[C@H]2CC(=O)O)cc1. The number of anilines is 1. The molecule has 0 saturated carbocycles. The van der Waals surface area contributed by atoms with Gasteiger partial charge in [0.05, 0.1) is 25.1 Å². The fourth-order valence-corrected chi connectivity index (χ4v) is 4.85. The van der Waals surface area contributed by atoms with Gasteiger partial charge >= 0.3 is 5.97 Å². The number of para-hydroxylation sites is 1. The molecule has 0 fully saturated rings. The van der Waals surface area contributed by atoms with Gasteiger partial charge in [0, 0.05) is 23.2 Å². The highest BCUT2D eigenvalue weighted by Gasteiger charge is 2.39. The number of methoxy groups -OCH3 is 1. The van der Waals surface area contributed by atoms with Crippen LogP contribution in [0, 0.1) is 5.92 Å². The lowest BCUT2D eigenvalue weighted by molar-refractivity contribution is -0.140. The molecular weight excluding hydrogens is 388 g/mol. The number of benzene rings is 2. The zero-order chi connectivity index (χ0) is 21.0. The van der Waals surface area contributed by atoms with Gasteiger partial charge in [0.1, 0.15) is 5.75 Å². The number of hydrogen-bond donors (Lipinski definition) is 1. The maximum absolute atomic E-state index is 13.6. The molecule has 2 aromatic rings. The maximum atomic E-state index is 13.6. The number of carboxylic acid groups (broad SMARTS) is 1. The van der Waals surface area contributed by atoms with E-state index >= 15 is 0 Å². The van der Waals surface area contributed by atoms with Crippen LogP contribution in [0.2, 0.25) is 0 Å². The Labute approximate surface area is 175 Å². The number of carboxylic acids is 1. The summed E-state index contributed by atoms with van der Waals surface area (Å²) >= 11 is 1.56. The molecule has 1 aliphatic rings. The molecule has 1 amide bonds. The minimum Gasteiger partial charge on any atom is -0.497 e. The average molecular weight is 415 g/mol. The molecule has 0 saturated heterocycles. The number of aliphatic carboxylic acids is 1. The van der Waals surface area contributed by atoms with E-state index < -0.39 is 11.9 Å². The smallest absolute Gasteiger partial charge is 0.304 e. The third-order valence-electron chi connectivity index (χ3n) is 4.97. The van der Waals surface area contributed by atoms with Crippen LogP contribution in [0.25, 0.3) is 0 Å². The fourth-order valence-electron chi connectivity index (χ4n) is 3.45. The van der Waals surface area contributed by atoms with E-state index in [0.717, 1.165) is 21.9 Å². The van der Waals surface area contributed by atoms with Crippen LogP contribution in [0.4, 0.5) is 5.69 Å². The lowest BCUT2D eigenvalue weighted by Crippen LogP contribution is -2.41. The Morgan fingerprint density at radius 2 is 1.86 bits per heavy atom. The number of amides is 1. The molecule has 0 aliphatic carbocycles. The lowest BCUT2D eigenvalue weighted by Gasteiger charge is -2.28. The first-order valence-corrected chi connectivity index (χ1v) is 10.4. The van der Waals surface area contributed by atoms with Crippen molar-refractivity contribution < 1.29 is 19.4 Å². The Balaban J connectivity index is 2.06. The number of carbonyl (C=O) groups is 2. The first-order chi connectivity index (χ1) is 13.9. The number of ether oxygens (including phenoxy) is 1. The molecule has 154 valence electrons. The van der Waals surface area contributed by atoms with Crippen molar-refractivity contribution in [1.82, 2.24) is 4.90 Å². The quantitative estimate of drug-likeness (QED) is 0.748. The summed E-state index contributed by atoms with van der Waals surface area (Å²) in [5, 5.41) is 9.24. The second kappa shape index (κ2) is 9.33. The minimum atomic E-state index is -0.971. The molecular formula is C22H26N2O4S. The highest BCUT2D eigenvalue weighted by molar-refractivity contribution is 7.99. The van der Waals surface area contributed by atoms with E-state index in [0.29, 0.717) is 13.1 Å². The fraction of sp³-hybridized carbons (Fsp3) is 0.364. The molecule has 1 heterocycles.